The van der Waals surface area contributed by atoms with E-state index in [0.29, 0.717) is 5.82 Å². The Labute approximate surface area is 133 Å². The van der Waals surface area contributed by atoms with E-state index in [4.69, 9.17) is 5.73 Å². The third-order valence-corrected chi connectivity index (χ3v) is 5.14. The molecule has 0 amide bonds. The van der Waals surface area contributed by atoms with Crippen LogP contribution < -0.4 is 5.73 Å². The van der Waals surface area contributed by atoms with E-state index in [1.807, 2.05) is 23.3 Å². The molecule has 1 aromatic carbocycles. The Hall–Kier alpha value is -2.60. The van der Waals surface area contributed by atoms with Gasteiger partial charge in [0.2, 0.25) is 0 Å². The van der Waals surface area contributed by atoms with Crippen molar-refractivity contribution >= 4 is 5.82 Å². The minimum Gasteiger partial charge on any atom is -0.386 e. The maximum absolute atomic E-state index is 10.9. The van der Waals surface area contributed by atoms with Crippen molar-refractivity contribution in [3.05, 3.63) is 54.1 Å². The third-order valence-electron chi connectivity index (χ3n) is 5.14. The Morgan fingerprint density at radius 2 is 2.13 bits per heavy atom. The third kappa shape index (κ3) is 1.66. The number of rotatable bonds is 1. The molecule has 5 rings (SSSR count). The van der Waals surface area contributed by atoms with Crippen molar-refractivity contribution in [2.24, 2.45) is 5.92 Å². The summed E-state index contributed by atoms with van der Waals surface area (Å²) in [5.41, 5.74) is 10.2. The molecule has 0 spiro atoms. The van der Waals surface area contributed by atoms with Crippen LogP contribution in [0.5, 0.6) is 0 Å². The van der Waals surface area contributed by atoms with Crippen LogP contribution in [-0.4, -0.2) is 24.4 Å². The molecule has 3 N–H and O–H groups in total. The molecule has 0 aliphatic carbocycles. The van der Waals surface area contributed by atoms with Gasteiger partial charge < -0.3 is 15.4 Å². The van der Waals surface area contributed by atoms with Gasteiger partial charge in [0.15, 0.2) is 0 Å². The summed E-state index contributed by atoms with van der Waals surface area (Å²) in [6.45, 7) is 0.775. The average Bonchev–Trinajstić information content (AvgIpc) is 3.22. The van der Waals surface area contributed by atoms with Gasteiger partial charge in [-0.15, -0.1) is 0 Å². The Morgan fingerprint density at radius 3 is 3.04 bits per heavy atom. The van der Waals surface area contributed by atoms with Crippen LogP contribution in [0.15, 0.2) is 42.9 Å². The molecule has 0 saturated carbocycles. The molecule has 6 heteroatoms. The highest BCUT2D eigenvalue weighted by molar-refractivity contribution is 5.69. The highest BCUT2D eigenvalue weighted by Gasteiger charge is 2.41. The first-order valence-electron chi connectivity index (χ1n) is 7.86. The van der Waals surface area contributed by atoms with Gasteiger partial charge in [-0.05, 0) is 12.0 Å². The van der Waals surface area contributed by atoms with Gasteiger partial charge in [0.05, 0.1) is 30.0 Å². The van der Waals surface area contributed by atoms with E-state index in [1.165, 1.54) is 11.1 Å². The van der Waals surface area contributed by atoms with E-state index < -0.39 is 6.10 Å². The van der Waals surface area contributed by atoms with E-state index in [2.05, 4.69) is 32.8 Å². The lowest BCUT2D eigenvalue weighted by molar-refractivity contribution is 0.0525. The summed E-state index contributed by atoms with van der Waals surface area (Å²) in [4.78, 5) is 4.30. The highest BCUT2D eigenvalue weighted by atomic mass is 16.3. The van der Waals surface area contributed by atoms with Crippen molar-refractivity contribution in [2.45, 2.75) is 25.1 Å². The van der Waals surface area contributed by atoms with Crippen LogP contribution in [0.1, 0.15) is 29.8 Å². The van der Waals surface area contributed by atoms with Crippen LogP contribution in [-0.2, 0) is 6.54 Å². The Bertz CT molecular complexity index is 896. The highest BCUT2D eigenvalue weighted by Crippen LogP contribution is 2.48. The molecule has 0 saturated heterocycles. The normalized spacial score (nSPS) is 25.0. The molecule has 23 heavy (non-hydrogen) atoms. The Morgan fingerprint density at radius 1 is 1.26 bits per heavy atom. The molecule has 116 valence electrons. The number of hydrogen-bond donors (Lipinski definition) is 2. The quantitative estimate of drug-likeness (QED) is 0.720. The lowest BCUT2D eigenvalue weighted by Gasteiger charge is -2.34. The van der Waals surface area contributed by atoms with Gasteiger partial charge in [0.1, 0.15) is 11.9 Å². The summed E-state index contributed by atoms with van der Waals surface area (Å²) in [6, 6.07) is 10.3. The maximum Gasteiger partial charge on any atom is 0.145 e. The lowest BCUT2D eigenvalue weighted by Crippen LogP contribution is -2.31. The van der Waals surface area contributed by atoms with E-state index in [1.54, 1.807) is 6.07 Å². The van der Waals surface area contributed by atoms with E-state index in [-0.39, 0.29) is 12.0 Å². The number of aromatic nitrogens is 4. The van der Waals surface area contributed by atoms with Crippen LogP contribution in [0.2, 0.25) is 0 Å². The number of anilines is 1. The van der Waals surface area contributed by atoms with Crippen molar-refractivity contribution in [1.82, 2.24) is 19.3 Å². The van der Waals surface area contributed by atoms with Crippen LogP contribution in [0.4, 0.5) is 5.82 Å². The van der Waals surface area contributed by atoms with Crippen LogP contribution in [0.3, 0.4) is 0 Å². The number of hydrogen-bond acceptors (Lipinski definition) is 4. The van der Waals surface area contributed by atoms with E-state index >= 15 is 0 Å². The predicted octanol–water partition coefficient (Wildman–Crippen LogP) is 1.99. The molecule has 0 bridgehead atoms. The summed E-state index contributed by atoms with van der Waals surface area (Å²) in [7, 11) is 0. The summed E-state index contributed by atoms with van der Waals surface area (Å²) >= 11 is 0. The summed E-state index contributed by atoms with van der Waals surface area (Å²) in [5.74, 6) is 0.546. The average molecular weight is 307 g/mol. The smallest absolute Gasteiger partial charge is 0.145 e. The molecule has 2 aromatic heterocycles. The van der Waals surface area contributed by atoms with Crippen LogP contribution in [0.25, 0.3) is 11.3 Å². The number of nitrogens with two attached hydrogens (primary N) is 1. The molecule has 2 aliphatic heterocycles. The van der Waals surface area contributed by atoms with Crippen molar-refractivity contribution in [3.8, 4) is 11.3 Å². The van der Waals surface area contributed by atoms with Gasteiger partial charge in [-0.2, -0.15) is 5.10 Å². The van der Waals surface area contributed by atoms with Gasteiger partial charge in [-0.3, -0.25) is 4.68 Å². The second-order valence-electron chi connectivity index (χ2n) is 6.33. The largest absolute Gasteiger partial charge is 0.386 e. The predicted molar refractivity (Wildman–Crippen MR) is 85.5 cm³/mol. The number of aryl methyl sites for hydroxylation is 1. The number of nitrogens with zero attached hydrogens (tertiary/aromatic N) is 4. The molecule has 0 fully saturated rings. The molecule has 3 atom stereocenters. The fraction of sp³-hybridized carbons (Fsp3) is 0.294. The molecular formula is C17H17N5O. The summed E-state index contributed by atoms with van der Waals surface area (Å²) in [5, 5.41) is 15.2. The maximum atomic E-state index is 10.9. The Balaban J connectivity index is 1.63. The SMILES string of the molecule is Nc1cc2n(n1)CC[C@H]([C@H]1c3ccccc3-c3cncn31)[C@H]2O. The molecule has 0 unspecified atom stereocenters. The number of imidazole rings is 1. The van der Waals surface area contributed by atoms with E-state index in [0.717, 1.165) is 24.4 Å². The van der Waals surface area contributed by atoms with Gasteiger partial charge in [-0.25, -0.2) is 4.98 Å². The molecule has 2 aliphatic rings. The van der Waals surface area contributed by atoms with Gasteiger partial charge in [0.25, 0.3) is 0 Å². The fourth-order valence-corrected chi connectivity index (χ4v) is 4.16. The zero-order valence-corrected chi connectivity index (χ0v) is 12.5. The minimum atomic E-state index is -0.583. The first-order valence-corrected chi connectivity index (χ1v) is 7.86. The lowest BCUT2D eigenvalue weighted by atomic mass is 9.83. The van der Waals surface area contributed by atoms with Gasteiger partial charge in [0, 0.05) is 24.1 Å². The van der Waals surface area contributed by atoms with Crippen LogP contribution >= 0.6 is 0 Å². The first-order chi connectivity index (χ1) is 11.2. The fourth-order valence-electron chi connectivity index (χ4n) is 4.16. The number of benzene rings is 1. The molecule has 4 heterocycles. The summed E-state index contributed by atoms with van der Waals surface area (Å²) < 4.78 is 4.01. The van der Waals surface area contributed by atoms with Crippen molar-refractivity contribution < 1.29 is 5.11 Å². The second-order valence-corrected chi connectivity index (χ2v) is 6.33. The van der Waals surface area contributed by atoms with Crippen molar-refractivity contribution in [2.75, 3.05) is 5.73 Å². The van der Waals surface area contributed by atoms with E-state index in [9.17, 15) is 5.11 Å². The standard InChI is InChI=1S/C17H17N5O/c18-15-7-13-17(23)12(5-6-22(13)20-15)16-11-4-2-1-3-10(11)14-8-19-9-21(14)16/h1-4,7-9,12,16-17,23H,5-6H2,(H2,18,20)/t12-,16-,17-/m1/s1. The number of nitrogen functional groups attached to an aromatic ring is 1. The molecular weight excluding hydrogens is 290 g/mol. The van der Waals surface area contributed by atoms with Crippen molar-refractivity contribution in [3.63, 3.8) is 0 Å². The summed E-state index contributed by atoms with van der Waals surface area (Å²) in [6.07, 6.45) is 4.04. The number of fused-ring (bicyclic) bond motifs is 4. The number of aliphatic hydroxyl groups excluding tert-OH is 1. The molecule has 6 nitrogen and oxygen atoms in total. The zero-order valence-electron chi connectivity index (χ0n) is 12.5. The van der Waals surface area contributed by atoms with Gasteiger partial charge >= 0.3 is 0 Å². The molecule has 3 aromatic rings. The topological polar surface area (TPSA) is 81.9 Å². The number of aliphatic hydroxyl groups is 1. The zero-order chi connectivity index (χ0) is 15.6. The first kappa shape index (κ1) is 12.9. The monoisotopic (exact) mass is 307 g/mol. The molecule has 0 radical (unpaired) electrons. The van der Waals surface area contributed by atoms with Crippen LogP contribution in [0, 0.1) is 5.92 Å². The van der Waals surface area contributed by atoms with Crippen molar-refractivity contribution in [1.29, 1.82) is 0 Å². The Kier molecular flexibility index (Phi) is 2.50. The minimum absolute atomic E-state index is 0.0789. The second kappa shape index (κ2) is 4.45. The van der Waals surface area contributed by atoms with Gasteiger partial charge in [-0.1, -0.05) is 24.3 Å².